The van der Waals surface area contributed by atoms with Crippen LogP contribution in [0.3, 0.4) is 0 Å². The summed E-state index contributed by atoms with van der Waals surface area (Å²) in [5.41, 5.74) is 0.992. The molecule has 7 heteroatoms. The first-order chi connectivity index (χ1) is 13.1. The fourth-order valence-corrected chi connectivity index (χ4v) is 3.24. The molecule has 1 aromatic heterocycles. The van der Waals surface area contributed by atoms with Gasteiger partial charge in [-0.15, -0.1) is 0 Å². The van der Waals surface area contributed by atoms with E-state index >= 15 is 0 Å². The van der Waals surface area contributed by atoms with Crippen molar-refractivity contribution in [3.8, 4) is 5.75 Å². The van der Waals surface area contributed by atoms with Crippen LogP contribution in [0.25, 0.3) is 0 Å². The Kier molecular flexibility index (Phi) is 6.13. The van der Waals surface area contributed by atoms with E-state index in [1.165, 1.54) is 0 Å². The molecule has 0 spiro atoms. The lowest BCUT2D eigenvalue weighted by Gasteiger charge is -2.35. The monoisotopic (exact) mass is 371 g/mol. The molecule has 2 aromatic rings. The Morgan fingerprint density at radius 2 is 2.15 bits per heavy atom. The van der Waals surface area contributed by atoms with Gasteiger partial charge in [0, 0.05) is 25.2 Å². The molecule has 2 heterocycles. The van der Waals surface area contributed by atoms with E-state index in [2.05, 4.69) is 10.6 Å². The van der Waals surface area contributed by atoms with E-state index in [4.69, 9.17) is 9.15 Å². The molecule has 1 aromatic carbocycles. The number of carbonyl (C=O) groups is 2. The SMILES string of the molecule is COc1ccccc1CN1CCNC(=O)C1CC(=O)NCc1ccc(C)o1. The number of rotatable bonds is 7. The Balaban J connectivity index is 1.63. The number of nitrogens with one attached hydrogen (secondary N) is 2. The third-order valence-corrected chi connectivity index (χ3v) is 4.64. The normalized spacial score (nSPS) is 17.4. The Hall–Kier alpha value is -2.80. The third-order valence-electron chi connectivity index (χ3n) is 4.64. The fraction of sp³-hybridized carbons (Fsp3) is 0.400. The molecule has 1 aliphatic rings. The minimum absolute atomic E-state index is 0.0979. The number of furan rings is 1. The van der Waals surface area contributed by atoms with Gasteiger partial charge in [-0.05, 0) is 25.1 Å². The van der Waals surface area contributed by atoms with E-state index in [1.807, 2.05) is 48.2 Å². The number of aryl methyl sites for hydroxylation is 1. The van der Waals surface area contributed by atoms with Crippen LogP contribution >= 0.6 is 0 Å². The van der Waals surface area contributed by atoms with Gasteiger partial charge in [-0.3, -0.25) is 14.5 Å². The van der Waals surface area contributed by atoms with Crippen molar-refractivity contribution in [2.24, 2.45) is 0 Å². The molecule has 3 rings (SSSR count). The second kappa shape index (κ2) is 8.73. The molecule has 0 bridgehead atoms. The summed E-state index contributed by atoms with van der Waals surface area (Å²) in [5, 5.41) is 5.67. The van der Waals surface area contributed by atoms with E-state index in [-0.39, 0.29) is 18.2 Å². The topological polar surface area (TPSA) is 83.8 Å². The van der Waals surface area contributed by atoms with Crippen LogP contribution in [-0.2, 0) is 22.7 Å². The van der Waals surface area contributed by atoms with Gasteiger partial charge in [0.1, 0.15) is 17.3 Å². The van der Waals surface area contributed by atoms with Crippen molar-refractivity contribution in [1.29, 1.82) is 0 Å². The molecule has 1 unspecified atom stereocenters. The van der Waals surface area contributed by atoms with Crippen LogP contribution in [0.4, 0.5) is 0 Å². The summed E-state index contributed by atoms with van der Waals surface area (Å²) in [6.45, 7) is 3.96. The van der Waals surface area contributed by atoms with Crippen molar-refractivity contribution in [3.05, 3.63) is 53.5 Å². The highest BCUT2D eigenvalue weighted by atomic mass is 16.5. The molecule has 0 saturated carbocycles. The van der Waals surface area contributed by atoms with Gasteiger partial charge in [0.15, 0.2) is 0 Å². The van der Waals surface area contributed by atoms with Gasteiger partial charge < -0.3 is 19.8 Å². The summed E-state index contributed by atoms with van der Waals surface area (Å²) in [7, 11) is 1.63. The lowest BCUT2D eigenvalue weighted by atomic mass is 10.1. The van der Waals surface area contributed by atoms with Crippen LogP contribution in [0.5, 0.6) is 5.75 Å². The van der Waals surface area contributed by atoms with Crippen LogP contribution < -0.4 is 15.4 Å². The number of benzene rings is 1. The Labute approximate surface area is 158 Å². The summed E-state index contributed by atoms with van der Waals surface area (Å²) in [5.74, 6) is 1.96. The number of hydrogen-bond donors (Lipinski definition) is 2. The standard InChI is InChI=1S/C20H25N3O4/c1-14-7-8-16(27-14)12-22-19(24)11-17-20(25)21-9-10-23(17)13-15-5-3-4-6-18(15)26-2/h3-8,17H,9-13H2,1-2H3,(H,21,25)(H,22,24). The largest absolute Gasteiger partial charge is 0.496 e. The van der Waals surface area contributed by atoms with Gasteiger partial charge in [-0.2, -0.15) is 0 Å². The Bertz CT molecular complexity index is 802. The first-order valence-electron chi connectivity index (χ1n) is 9.02. The summed E-state index contributed by atoms with van der Waals surface area (Å²) in [6.07, 6.45) is 0.0979. The van der Waals surface area contributed by atoms with E-state index in [9.17, 15) is 9.59 Å². The number of hydrogen-bond acceptors (Lipinski definition) is 5. The second-order valence-electron chi connectivity index (χ2n) is 6.58. The molecule has 1 aliphatic heterocycles. The summed E-state index contributed by atoms with van der Waals surface area (Å²) >= 11 is 0. The Morgan fingerprint density at radius 1 is 1.33 bits per heavy atom. The van der Waals surface area contributed by atoms with E-state index in [0.29, 0.717) is 31.9 Å². The molecule has 7 nitrogen and oxygen atoms in total. The molecular weight excluding hydrogens is 346 g/mol. The van der Waals surface area contributed by atoms with Crippen molar-refractivity contribution in [3.63, 3.8) is 0 Å². The fourth-order valence-electron chi connectivity index (χ4n) is 3.24. The quantitative estimate of drug-likeness (QED) is 0.772. The highest BCUT2D eigenvalue weighted by Gasteiger charge is 2.32. The average molecular weight is 371 g/mol. The van der Waals surface area contributed by atoms with Crippen molar-refractivity contribution in [2.75, 3.05) is 20.2 Å². The summed E-state index contributed by atoms with van der Waals surface area (Å²) in [6, 6.07) is 10.9. The second-order valence-corrected chi connectivity index (χ2v) is 6.58. The molecule has 1 saturated heterocycles. The van der Waals surface area contributed by atoms with Crippen LogP contribution in [0, 0.1) is 6.92 Å². The van der Waals surface area contributed by atoms with Gasteiger partial charge in [0.25, 0.3) is 0 Å². The zero-order valence-electron chi connectivity index (χ0n) is 15.7. The predicted octanol–water partition coefficient (Wildman–Crippen LogP) is 1.60. The first-order valence-corrected chi connectivity index (χ1v) is 9.02. The smallest absolute Gasteiger partial charge is 0.237 e. The predicted molar refractivity (Wildman–Crippen MR) is 100 cm³/mol. The maximum absolute atomic E-state index is 12.4. The van der Waals surface area contributed by atoms with Crippen LogP contribution in [0.1, 0.15) is 23.5 Å². The van der Waals surface area contributed by atoms with Crippen LogP contribution in [0.15, 0.2) is 40.8 Å². The molecule has 2 amide bonds. The van der Waals surface area contributed by atoms with Crippen molar-refractivity contribution >= 4 is 11.8 Å². The number of amides is 2. The maximum Gasteiger partial charge on any atom is 0.237 e. The lowest BCUT2D eigenvalue weighted by molar-refractivity contribution is -0.134. The third kappa shape index (κ3) is 4.89. The van der Waals surface area contributed by atoms with Gasteiger partial charge >= 0.3 is 0 Å². The minimum Gasteiger partial charge on any atom is -0.496 e. The summed E-state index contributed by atoms with van der Waals surface area (Å²) < 4.78 is 10.9. The van der Waals surface area contributed by atoms with E-state index < -0.39 is 6.04 Å². The van der Waals surface area contributed by atoms with Crippen LogP contribution in [-0.4, -0.2) is 43.0 Å². The average Bonchev–Trinajstić information content (AvgIpc) is 3.08. The molecule has 144 valence electrons. The minimum atomic E-state index is -0.512. The van der Waals surface area contributed by atoms with Gasteiger partial charge in [-0.25, -0.2) is 0 Å². The number of nitrogens with zero attached hydrogens (tertiary/aromatic N) is 1. The van der Waals surface area contributed by atoms with Crippen molar-refractivity contribution < 1.29 is 18.7 Å². The van der Waals surface area contributed by atoms with Crippen molar-refractivity contribution in [1.82, 2.24) is 15.5 Å². The molecule has 0 aliphatic carbocycles. The van der Waals surface area contributed by atoms with E-state index in [0.717, 1.165) is 17.1 Å². The summed E-state index contributed by atoms with van der Waals surface area (Å²) in [4.78, 5) is 26.8. The highest BCUT2D eigenvalue weighted by molar-refractivity contribution is 5.88. The lowest BCUT2D eigenvalue weighted by Crippen LogP contribution is -2.56. The molecule has 1 atom stereocenters. The zero-order chi connectivity index (χ0) is 19.2. The highest BCUT2D eigenvalue weighted by Crippen LogP contribution is 2.22. The maximum atomic E-state index is 12.4. The molecule has 2 N–H and O–H groups in total. The number of piperazine rings is 1. The van der Waals surface area contributed by atoms with Gasteiger partial charge in [-0.1, -0.05) is 18.2 Å². The Morgan fingerprint density at radius 3 is 2.89 bits per heavy atom. The van der Waals surface area contributed by atoms with Crippen LogP contribution in [0.2, 0.25) is 0 Å². The van der Waals surface area contributed by atoms with Gasteiger partial charge in [0.05, 0.1) is 26.1 Å². The number of ether oxygens (including phenoxy) is 1. The number of para-hydroxylation sites is 1. The first kappa shape index (κ1) is 19.0. The number of carbonyl (C=O) groups excluding carboxylic acids is 2. The zero-order valence-corrected chi connectivity index (χ0v) is 15.7. The molecular formula is C20H25N3O4. The van der Waals surface area contributed by atoms with E-state index in [1.54, 1.807) is 7.11 Å². The molecule has 1 fully saturated rings. The van der Waals surface area contributed by atoms with Crippen molar-refractivity contribution in [2.45, 2.75) is 32.5 Å². The molecule has 0 radical (unpaired) electrons. The van der Waals surface area contributed by atoms with Gasteiger partial charge in [0.2, 0.25) is 11.8 Å². The molecule has 27 heavy (non-hydrogen) atoms. The number of methoxy groups -OCH3 is 1.